The Balaban J connectivity index is 2.67. The van der Waals surface area contributed by atoms with Crippen LogP contribution in [0.3, 0.4) is 0 Å². The third kappa shape index (κ3) is 2.06. The smallest absolute Gasteiger partial charge is 0.147 e. The molecule has 6 heteroatoms. The number of hydrogen-bond donors (Lipinski definition) is 3. The van der Waals surface area contributed by atoms with Crippen molar-refractivity contribution in [2.75, 3.05) is 19.3 Å². The van der Waals surface area contributed by atoms with E-state index < -0.39 is 0 Å². The van der Waals surface area contributed by atoms with Crippen LogP contribution in [0, 0.1) is 11.8 Å². The molecule has 0 fully saturated rings. The van der Waals surface area contributed by atoms with Gasteiger partial charge in [-0.05, 0) is 7.05 Å². The Labute approximate surface area is 99.0 Å². The molecule has 0 radical (unpaired) electrons. The molecular weight excluding hydrogens is 216 g/mol. The summed E-state index contributed by atoms with van der Waals surface area (Å²) in [5.41, 5.74) is 12.8. The normalized spacial score (nSPS) is 10.2. The highest BCUT2D eigenvalue weighted by atomic mass is 15.1. The number of nitrogens with one attached hydrogen (secondary N) is 1. The number of hydrogen-bond acceptors (Lipinski definition) is 5. The molecule has 0 aliphatic heterocycles. The van der Waals surface area contributed by atoms with Gasteiger partial charge in [-0.1, -0.05) is 11.8 Å². The molecular formula is C11H14N6. The zero-order valence-electron chi connectivity index (χ0n) is 9.57. The molecule has 0 saturated carbocycles. The van der Waals surface area contributed by atoms with E-state index in [-0.39, 0.29) is 0 Å². The van der Waals surface area contributed by atoms with Gasteiger partial charge in [0.15, 0.2) is 0 Å². The van der Waals surface area contributed by atoms with Crippen LogP contribution in [0.5, 0.6) is 0 Å². The fraction of sp³-hybridized carbons (Fsp3) is 0.273. The number of nitrogens with two attached hydrogens (primary N) is 2. The van der Waals surface area contributed by atoms with Gasteiger partial charge < -0.3 is 21.4 Å². The maximum absolute atomic E-state index is 5.85. The lowest BCUT2D eigenvalue weighted by molar-refractivity contribution is 0.632. The first-order chi connectivity index (χ1) is 8.27. The SMILES string of the molecule is CNCn1cc(C#CCN)c2c(N)ncnc21. The van der Waals surface area contributed by atoms with E-state index in [1.165, 1.54) is 6.33 Å². The molecule has 0 amide bonds. The third-order valence-corrected chi connectivity index (χ3v) is 2.34. The van der Waals surface area contributed by atoms with E-state index in [0.717, 1.165) is 16.6 Å². The highest BCUT2D eigenvalue weighted by Crippen LogP contribution is 2.22. The number of anilines is 1. The average molecular weight is 230 g/mol. The average Bonchev–Trinajstić information content (AvgIpc) is 2.67. The Morgan fingerprint density at radius 1 is 1.47 bits per heavy atom. The van der Waals surface area contributed by atoms with Gasteiger partial charge in [0.05, 0.1) is 24.2 Å². The summed E-state index contributed by atoms with van der Waals surface area (Å²) >= 11 is 0. The van der Waals surface area contributed by atoms with Crippen LogP contribution in [0.1, 0.15) is 5.56 Å². The van der Waals surface area contributed by atoms with E-state index in [1.807, 2.05) is 17.8 Å². The monoisotopic (exact) mass is 230 g/mol. The zero-order chi connectivity index (χ0) is 12.3. The van der Waals surface area contributed by atoms with Crippen molar-refractivity contribution in [3.8, 4) is 11.8 Å². The van der Waals surface area contributed by atoms with Gasteiger partial charge in [0.1, 0.15) is 17.8 Å². The van der Waals surface area contributed by atoms with Crippen molar-refractivity contribution in [3.63, 3.8) is 0 Å². The second-order valence-electron chi connectivity index (χ2n) is 3.49. The Hall–Kier alpha value is -2.10. The number of rotatable bonds is 2. The molecule has 2 heterocycles. The summed E-state index contributed by atoms with van der Waals surface area (Å²) in [5, 5.41) is 3.84. The molecule has 0 bridgehead atoms. The molecule has 0 atom stereocenters. The Morgan fingerprint density at radius 2 is 2.29 bits per heavy atom. The number of aromatic nitrogens is 3. The molecule has 0 saturated heterocycles. The van der Waals surface area contributed by atoms with Crippen molar-refractivity contribution >= 4 is 16.9 Å². The van der Waals surface area contributed by atoms with Crippen LogP contribution >= 0.6 is 0 Å². The lowest BCUT2D eigenvalue weighted by Crippen LogP contribution is -2.12. The van der Waals surface area contributed by atoms with Gasteiger partial charge in [-0.3, -0.25) is 0 Å². The van der Waals surface area contributed by atoms with E-state index >= 15 is 0 Å². The van der Waals surface area contributed by atoms with Crippen LogP contribution < -0.4 is 16.8 Å². The van der Waals surface area contributed by atoms with Gasteiger partial charge in [0.25, 0.3) is 0 Å². The minimum Gasteiger partial charge on any atom is -0.383 e. The minimum absolute atomic E-state index is 0.312. The second kappa shape index (κ2) is 4.82. The largest absolute Gasteiger partial charge is 0.383 e. The molecule has 0 unspecified atom stereocenters. The quantitative estimate of drug-likeness (QED) is 0.605. The molecule has 2 aromatic rings. The highest BCUT2D eigenvalue weighted by Gasteiger charge is 2.11. The van der Waals surface area contributed by atoms with Crippen LogP contribution in [-0.4, -0.2) is 28.1 Å². The lowest BCUT2D eigenvalue weighted by atomic mass is 10.2. The van der Waals surface area contributed by atoms with E-state index in [9.17, 15) is 0 Å². The molecule has 2 aromatic heterocycles. The van der Waals surface area contributed by atoms with Gasteiger partial charge in [0, 0.05) is 6.20 Å². The van der Waals surface area contributed by atoms with Crippen molar-refractivity contribution in [3.05, 3.63) is 18.1 Å². The topological polar surface area (TPSA) is 94.8 Å². The van der Waals surface area contributed by atoms with Gasteiger partial charge >= 0.3 is 0 Å². The van der Waals surface area contributed by atoms with Crippen molar-refractivity contribution in [2.45, 2.75) is 6.67 Å². The van der Waals surface area contributed by atoms with Crippen LogP contribution in [0.2, 0.25) is 0 Å². The van der Waals surface area contributed by atoms with E-state index in [0.29, 0.717) is 19.0 Å². The third-order valence-electron chi connectivity index (χ3n) is 2.34. The molecule has 0 spiro atoms. The van der Waals surface area contributed by atoms with Crippen molar-refractivity contribution < 1.29 is 0 Å². The predicted octanol–water partition coefficient (Wildman–Crippen LogP) is -0.499. The maximum atomic E-state index is 5.85. The Bertz CT molecular complexity index is 589. The summed E-state index contributed by atoms with van der Waals surface area (Å²) in [7, 11) is 1.86. The molecule has 0 aliphatic carbocycles. The van der Waals surface area contributed by atoms with Crippen LogP contribution in [0.25, 0.3) is 11.0 Å². The fourth-order valence-corrected chi connectivity index (χ4v) is 1.68. The zero-order valence-corrected chi connectivity index (χ0v) is 9.57. The molecule has 88 valence electrons. The Morgan fingerprint density at radius 3 is 3.00 bits per heavy atom. The first-order valence-electron chi connectivity index (χ1n) is 5.20. The first-order valence-corrected chi connectivity index (χ1v) is 5.20. The molecule has 5 N–H and O–H groups in total. The van der Waals surface area contributed by atoms with Gasteiger partial charge in [-0.2, -0.15) is 0 Å². The second-order valence-corrected chi connectivity index (χ2v) is 3.49. The van der Waals surface area contributed by atoms with Crippen molar-refractivity contribution in [2.24, 2.45) is 5.73 Å². The summed E-state index contributed by atoms with van der Waals surface area (Å²) in [6, 6.07) is 0. The number of nitrogens with zero attached hydrogens (tertiary/aromatic N) is 3. The minimum atomic E-state index is 0.312. The number of nitrogen functional groups attached to an aromatic ring is 1. The van der Waals surface area contributed by atoms with Gasteiger partial charge in [-0.25, -0.2) is 9.97 Å². The summed E-state index contributed by atoms with van der Waals surface area (Å²) < 4.78 is 1.94. The summed E-state index contributed by atoms with van der Waals surface area (Å²) in [6.45, 7) is 0.948. The standard InChI is InChI=1S/C11H14N6/c1-14-7-17-5-8(3-2-4-12)9-10(13)15-6-16-11(9)17/h5-6,14H,4,7,12H2,1H3,(H2,13,15,16). The van der Waals surface area contributed by atoms with Crippen molar-refractivity contribution in [1.82, 2.24) is 19.9 Å². The number of fused-ring (bicyclic) bond motifs is 1. The lowest BCUT2D eigenvalue weighted by Gasteiger charge is -2.02. The van der Waals surface area contributed by atoms with Crippen LogP contribution in [0.15, 0.2) is 12.5 Å². The first kappa shape index (κ1) is 11.4. The van der Waals surface area contributed by atoms with Crippen molar-refractivity contribution in [1.29, 1.82) is 0 Å². The molecule has 0 aromatic carbocycles. The van der Waals surface area contributed by atoms with Gasteiger partial charge in [-0.15, -0.1) is 0 Å². The molecule has 17 heavy (non-hydrogen) atoms. The van der Waals surface area contributed by atoms with E-state index in [2.05, 4.69) is 27.1 Å². The van der Waals surface area contributed by atoms with E-state index in [1.54, 1.807) is 0 Å². The maximum Gasteiger partial charge on any atom is 0.147 e. The predicted molar refractivity (Wildman–Crippen MR) is 66.9 cm³/mol. The van der Waals surface area contributed by atoms with Gasteiger partial charge in [0.2, 0.25) is 0 Å². The summed E-state index contributed by atoms with van der Waals surface area (Å²) in [5.74, 6) is 6.23. The van der Waals surface area contributed by atoms with E-state index in [4.69, 9.17) is 11.5 Å². The molecule has 0 aliphatic rings. The highest BCUT2D eigenvalue weighted by molar-refractivity contribution is 5.92. The fourth-order valence-electron chi connectivity index (χ4n) is 1.68. The summed E-state index contributed by atoms with van der Waals surface area (Å²) in [6.07, 6.45) is 3.35. The molecule has 6 nitrogen and oxygen atoms in total. The Kier molecular flexibility index (Phi) is 3.23. The van der Waals surface area contributed by atoms with Crippen LogP contribution in [-0.2, 0) is 6.67 Å². The van der Waals surface area contributed by atoms with Crippen LogP contribution in [0.4, 0.5) is 5.82 Å². The molecule has 2 rings (SSSR count). The summed E-state index contributed by atoms with van der Waals surface area (Å²) in [4.78, 5) is 8.21.